The number of amides is 1. The minimum absolute atomic E-state index is 0.0795. The van der Waals surface area contributed by atoms with E-state index in [-0.39, 0.29) is 21.5 Å². The maximum Gasteiger partial charge on any atom is 0.301 e. The molecule has 1 aliphatic rings. The molecule has 1 N–H and O–H groups in total. The molecule has 1 saturated heterocycles. The van der Waals surface area contributed by atoms with Gasteiger partial charge in [0, 0.05) is 21.4 Å². The van der Waals surface area contributed by atoms with Crippen molar-refractivity contribution in [2.75, 3.05) is 4.90 Å². The number of aliphatic hydroxyl groups is 1. The lowest BCUT2D eigenvalue weighted by Gasteiger charge is -2.23. The highest BCUT2D eigenvalue weighted by Crippen LogP contribution is 2.46. The van der Waals surface area contributed by atoms with Crippen molar-refractivity contribution in [1.82, 2.24) is 10.2 Å². The van der Waals surface area contributed by atoms with Crippen molar-refractivity contribution < 1.29 is 14.7 Å². The molecule has 5 rings (SSSR count). The molecule has 6 nitrogen and oxygen atoms in total. The molecule has 1 aliphatic heterocycles. The molecule has 4 aromatic rings. The number of benzene rings is 3. The van der Waals surface area contributed by atoms with Crippen LogP contribution in [0.1, 0.15) is 22.7 Å². The van der Waals surface area contributed by atoms with Crippen LogP contribution in [0.4, 0.5) is 5.13 Å². The highest BCUT2D eigenvalue weighted by molar-refractivity contribution is 8.00. The fourth-order valence-electron chi connectivity index (χ4n) is 3.88. The van der Waals surface area contributed by atoms with Gasteiger partial charge in [-0.25, -0.2) is 0 Å². The smallest absolute Gasteiger partial charge is 0.301 e. The van der Waals surface area contributed by atoms with Gasteiger partial charge in [0.15, 0.2) is 4.34 Å². The van der Waals surface area contributed by atoms with Crippen LogP contribution in [0.2, 0.25) is 10.0 Å². The van der Waals surface area contributed by atoms with Crippen molar-refractivity contribution in [3.63, 3.8) is 0 Å². The minimum atomic E-state index is -1.00. The van der Waals surface area contributed by atoms with E-state index in [1.165, 1.54) is 34.1 Å². The van der Waals surface area contributed by atoms with Crippen LogP contribution in [0.3, 0.4) is 0 Å². The first-order valence-electron chi connectivity index (χ1n) is 10.8. The van der Waals surface area contributed by atoms with Gasteiger partial charge in [0.1, 0.15) is 5.76 Å². The molecule has 0 saturated carbocycles. The molecule has 0 aliphatic carbocycles. The van der Waals surface area contributed by atoms with Gasteiger partial charge in [0.25, 0.3) is 5.78 Å². The van der Waals surface area contributed by atoms with Crippen LogP contribution in [-0.2, 0) is 15.3 Å². The Balaban J connectivity index is 1.57. The van der Waals surface area contributed by atoms with Gasteiger partial charge in [-0.3, -0.25) is 14.5 Å². The molecule has 2 heterocycles. The summed E-state index contributed by atoms with van der Waals surface area (Å²) in [7, 11) is 0. The average Bonchev–Trinajstić information content (AvgIpc) is 3.46. The van der Waals surface area contributed by atoms with Gasteiger partial charge in [-0.2, -0.15) is 0 Å². The number of thioether (sulfide) groups is 1. The van der Waals surface area contributed by atoms with E-state index < -0.39 is 17.7 Å². The summed E-state index contributed by atoms with van der Waals surface area (Å²) in [5.41, 5.74) is 1.88. The summed E-state index contributed by atoms with van der Waals surface area (Å²) < 4.78 is 0.639. The first-order chi connectivity index (χ1) is 17.4. The van der Waals surface area contributed by atoms with Gasteiger partial charge < -0.3 is 5.11 Å². The van der Waals surface area contributed by atoms with Crippen LogP contribution < -0.4 is 4.90 Å². The zero-order valence-corrected chi connectivity index (χ0v) is 21.6. The second-order valence-corrected chi connectivity index (χ2v) is 10.8. The number of aliphatic hydroxyl groups excluding tert-OH is 1. The quantitative estimate of drug-likeness (QED) is 0.0932. The van der Waals surface area contributed by atoms with Crippen molar-refractivity contribution in [2.24, 2.45) is 0 Å². The molecular weight excluding hydrogens is 537 g/mol. The van der Waals surface area contributed by atoms with E-state index in [4.69, 9.17) is 23.2 Å². The van der Waals surface area contributed by atoms with E-state index in [1.54, 1.807) is 42.5 Å². The first-order valence-corrected chi connectivity index (χ1v) is 13.3. The predicted octanol–water partition coefficient (Wildman–Crippen LogP) is 6.76. The number of aromatic nitrogens is 2. The molecule has 0 spiro atoms. The van der Waals surface area contributed by atoms with Gasteiger partial charge >= 0.3 is 5.91 Å². The van der Waals surface area contributed by atoms with Crippen molar-refractivity contribution in [1.29, 1.82) is 0 Å². The number of anilines is 1. The normalized spacial score (nSPS) is 17.1. The zero-order chi connectivity index (χ0) is 25.2. The molecule has 3 aromatic carbocycles. The van der Waals surface area contributed by atoms with E-state index in [0.29, 0.717) is 26.2 Å². The number of hydrogen-bond acceptors (Lipinski definition) is 7. The molecule has 1 amide bonds. The molecule has 180 valence electrons. The molecule has 36 heavy (non-hydrogen) atoms. The molecule has 10 heteroatoms. The number of halogens is 2. The van der Waals surface area contributed by atoms with Crippen molar-refractivity contribution in [2.45, 2.75) is 16.1 Å². The van der Waals surface area contributed by atoms with Crippen LogP contribution in [0.25, 0.3) is 5.76 Å². The Morgan fingerprint density at radius 3 is 2.36 bits per heavy atom. The van der Waals surface area contributed by atoms with Crippen LogP contribution >= 0.6 is 46.3 Å². The fourth-order valence-corrected chi connectivity index (χ4v) is 6.21. The molecule has 1 atom stereocenters. The standard InChI is InChI=1S/C26H17Cl2N3O3S2/c27-17-11-12-18(19(28)13-17)21-20(22(32)16-9-5-2-6-10-16)23(33)24(34)31(21)25-29-30-26(36-25)35-14-15-7-3-1-4-8-15/h1-13,21,32H,14H2/b22-20-. The summed E-state index contributed by atoms with van der Waals surface area (Å²) in [4.78, 5) is 27.8. The number of Topliss-reactive ketones (excluding diaryl/α,β-unsaturated/α-hetero) is 1. The second kappa shape index (κ2) is 10.4. The van der Waals surface area contributed by atoms with Crippen molar-refractivity contribution in [3.05, 3.63) is 111 Å². The second-order valence-electron chi connectivity index (χ2n) is 7.83. The summed E-state index contributed by atoms with van der Waals surface area (Å²) in [5.74, 6) is -1.27. The van der Waals surface area contributed by atoms with E-state index in [2.05, 4.69) is 10.2 Å². The van der Waals surface area contributed by atoms with Crippen LogP contribution in [-0.4, -0.2) is 27.0 Å². The largest absolute Gasteiger partial charge is 0.507 e. The Morgan fingerprint density at radius 1 is 0.972 bits per heavy atom. The summed E-state index contributed by atoms with van der Waals surface area (Å²) in [6.07, 6.45) is 0. The fraction of sp³-hybridized carbons (Fsp3) is 0.0769. The lowest BCUT2D eigenvalue weighted by molar-refractivity contribution is -0.132. The van der Waals surface area contributed by atoms with Gasteiger partial charge in [-0.15, -0.1) is 10.2 Å². The highest BCUT2D eigenvalue weighted by atomic mass is 35.5. The highest BCUT2D eigenvalue weighted by Gasteiger charge is 2.49. The number of hydrogen-bond donors (Lipinski definition) is 1. The van der Waals surface area contributed by atoms with E-state index in [9.17, 15) is 14.7 Å². The van der Waals surface area contributed by atoms with Gasteiger partial charge in [0.05, 0.1) is 11.6 Å². The Morgan fingerprint density at radius 2 is 1.67 bits per heavy atom. The van der Waals surface area contributed by atoms with Crippen LogP contribution in [0, 0.1) is 0 Å². The predicted molar refractivity (Wildman–Crippen MR) is 144 cm³/mol. The number of rotatable bonds is 6. The van der Waals surface area contributed by atoms with Crippen molar-refractivity contribution >= 4 is 68.9 Å². The number of carbonyl (C=O) groups is 2. The molecule has 1 unspecified atom stereocenters. The topological polar surface area (TPSA) is 83.4 Å². The molecule has 1 aromatic heterocycles. The number of nitrogens with zero attached hydrogens (tertiary/aromatic N) is 3. The summed E-state index contributed by atoms with van der Waals surface area (Å²) in [5, 5.41) is 20.5. The Labute approximate surface area is 225 Å². The molecule has 0 bridgehead atoms. The summed E-state index contributed by atoms with van der Waals surface area (Å²) in [6.45, 7) is 0. The molecule has 1 fully saturated rings. The van der Waals surface area contributed by atoms with Crippen LogP contribution in [0.5, 0.6) is 0 Å². The Bertz CT molecular complexity index is 1480. The maximum atomic E-state index is 13.3. The van der Waals surface area contributed by atoms with E-state index in [1.807, 2.05) is 30.3 Å². The monoisotopic (exact) mass is 553 g/mol. The lowest BCUT2D eigenvalue weighted by atomic mass is 9.95. The van der Waals surface area contributed by atoms with Gasteiger partial charge in [-0.05, 0) is 23.3 Å². The Hall–Kier alpha value is -3.17. The number of ketones is 1. The maximum absolute atomic E-state index is 13.3. The molecular formula is C26H17Cl2N3O3S2. The summed E-state index contributed by atoms with van der Waals surface area (Å²) >= 11 is 15.3. The van der Waals surface area contributed by atoms with Crippen molar-refractivity contribution in [3.8, 4) is 0 Å². The van der Waals surface area contributed by atoms with E-state index in [0.717, 1.165) is 5.56 Å². The van der Waals surface area contributed by atoms with Crippen LogP contribution in [0.15, 0.2) is 88.8 Å². The zero-order valence-electron chi connectivity index (χ0n) is 18.5. The molecule has 0 radical (unpaired) electrons. The SMILES string of the molecule is O=C1C(=O)N(c2nnc(SCc3ccccc3)s2)C(c2ccc(Cl)cc2Cl)/C1=C(/O)c1ccccc1. The van der Waals surface area contributed by atoms with E-state index >= 15 is 0 Å². The average molecular weight is 554 g/mol. The third-order valence-electron chi connectivity index (χ3n) is 5.56. The first kappa shape index (κ1) is 24.5. The lowest BCUT2D eigenvalue weighted by Crippen LogP contribution is -2.29. The van der Waals surface area contributed by atoms with Gasteiger partial charge in [-0.1, -0.05) is 113 Å². The third-order valence-corrected chi connectivity index (χ3v) is 8.25. The number of carbonyl (C=O) groups excluding carboxylic acids is 2. The minimum Gasteiger partial charge on any atom is -0.507 e. The third kappa shape index (κ3) is 4.77. The Kier molecular flexibility index (Phi) is 7.11. The van der Waals surface area contributed by atoms with Gasteiger partial charge in [0.2, 0.25) is 5.13 Å². The summed E-state index contributed by atoms with van der Waals surface area (Å²) in [6, 6.07) is 22.3.